The number of halogens is 1. The van der Waals surface area contributed by atoms with Crippen LogP contribution in [0.15, 0.2) is 0 Å². The first kappa shape index (κ1) is 15.9. The van der Waals surface area contributed by atoms with Crippen molar-refractivity contribution in [1.29, 1.82) is 0 Å². The molecule has 0 N–H and O–H groups in total. The smallest absolute Gasteiger partial charge is 0.198 e. The van der Waals surface area contributed by atoms with Crippen molar-refractivity contribution in [2.24, 2.45) is 0 Å². The summed E-state index contributed by atoms with van der Waals surface area (Å²) in [6.07, 6.45) is 10.2. The summed E-state index contributed by atoms with van der Waals surface area (Å²) < 4.78 is 18.2. The van der Waals surface area contributed by atoms with Gasteiger partial charge in [-0.25, -0.2) is 4.39 Å². The Morgan fingerprint density at radius 1 is 0.812 bits per heavy atom. The van der Waals surface area contributed by atoms with Gasteiger partial charge in [-0.05, 0) is 12.8 Å². The fraction of sp³-hybridized carbons (Fsp3) is 1.00. The van der Waals surface area contributed by atoms with Crippen LogP contribution in [0, 0.1) is 0 Å². The molecule has 0 aliphatic carbocycles. The van der Waals surface area contributed by atoms with E-state index in [1.807, 2.05) is 0 Å². The third kappa shape index (κ3) is 12.0. The lowest BCUT2D eigenvalue weighted by Crippen LogP contribution is -2.07. The van der Waals surface area contributed by atoms with Crippen molar-refractivity contribution < 1.29 is 9.13 Å². The van der Waals surface area contributed by atoms with Gasteiger partial charge in [0.15, 0.2) is 6.36 Å². The molecule has 0 fully saturated rings. The van der Waals surface area contributed by atoms with Gasteiger partial charge in [0.25, 0.3) is 0 Å². The number of hydrogen-bond donors (Lipinski definition) is 0. The zero-order valence-electron chi connectivity index (χ0n) is 11.1. The van der Waals surface area contributed by atoms with Gasteiger partial charge < -0.3 is 4.74 Å². The highest BCUT2D eigenvalue weighted by atomic mass is 19.1. The lowest BCUT2D eigenvalue weighted by atomic mass is 10.1. The van der Waals surface area contributed by atoms with Gasteiger partial charge in [-0.1, -0.05) is 58.8 Å². The minimum Gasteiger partial charge on any atom is -0.348 e. The topological polar surface area (TPSA) is 9.23 Å². The van der Waals surface area contributed by atoms with Crippen LogP contribution in [0.3, 0.4) is 0 Å². The van der Waals surface area contributed by atoms with E-state index in [9.17, 15) is 4.39 Å². The van der Waals surface area contributed by atoms with Crippen LogP contribution in [0.4, 0.5) is 4.39 Å². The second-order valence-electron chi connectivity index (χ2n) is 4.54. The van der Waals surface area contributed by atoms with Gasteiger partial charge >= 0.3 is 0 Å². The van der Waals surface area contributed by atoms with Gasteiger partial charge in [0, 0.05) is 6.42 Å². The molecule has 1 unspecified atom stereocenters. The third-order valence-corrected chi connectivity index (χ3v) is 2.83. The summed E-state index contributed by atoms with van der Waals surface area (Å²) in [5.74, 6) is 0. The molecule has 0 aromatic heterocycles. The van der Waals surface area contributed by atoms with E-state index in [0.717, 1.165) is 25.7 Å². The molecule has 0 heterocycles. The fourth-order valence-electron chi connectivity index (χ4n) is 1.70. The quantitative estimate of drug-likeness (QED) is 0.418. The molecule has 0 aromatic rings. The summed E-state index contributed by atoms with van der Waals surface area (Å²) in [4.78, 5) is 0. The van der Waals surface area contributed by atoms with Crippen LogP contribution in [-0.2, 0) is 4.74 Å². The van der Waals surface area contributed by atoms with Crippen molar-refractivity contribution >= 4 is 0 Å². The normalized spacial score (nSPS) is 12.9. The highest BCUT2D eigenvalue weighted by Crippen LogP contribution is 2.12. The molecule has 0 radical (unpaired) electrons. The highest BCUT2D eigenvalue weighted by Gasteiger charge is 2.04. The van der Waals surface area contributed by atoms with E-state index in [4.69, 9.17) is 4.74 Å². The maximum Gasteiger partial charge on any atom is 0.198 e. The van der Waals surface area contributed by atoms with Crippen LogP contribution < -0.4 is 0 Å². The van der Waals surface area contributed by atoms with E-state index in [2.05, 4.69) is 13.8 Å². The van der Waals surface area contributed by atoms with E-state index < -0.39 is 6.36 Å². The van der Waals surface area contributed by atoms with E-state index in [1.54, 1.807) is 0 Å². The largest absolute Gasteiger partial charge is 0.348 e. The van der Waals surface area contributed by atoms with E-state index in [-0.39, 0.29) is 0 Å². The molecule has 98 valence electrons. The maximum atomic E-state index is 13.1. The molecule has 2 heteroatoms. The summed E-state index contributed by atoms with van der Waals surface area (Å²) in [5.41, 5.74) is 0. The first-order valence-corrected chi connectivity index (χ1v) is 7.07. The lowest BCUT2D eigenvalue weighted by Gasteiger charge is -2.09. The monoisotopic (exact) mass is 232 g/mol. The van der Waals surface area contributed by atoms with Gasteiger partial charge in [-0.2, -0.15) is 0 Å². The van der Waals surface area contributed by atoms with Crippen LogP contribution in [0.2, 0.25) is 0 Å². The van der Waals surface area contributed by atoms with Crippen LogP contribution in [0.1, 0.15) is 78.1 Å². The third-order valence-electron chi connectivity index (χ3n) is 2.83. The first-order chi connectivity index (χ1) is 7.81. The summed E-state index contributed by atoms with van der Waals surface area (Å²) in [6.45, 7) is 4.89. The predicted molar refractivity (Wildman–Crippen MR) is 68.4 cm³/mol. The Kier molecular flexibility index (Phi) is 12.9. The van der Waals surface area contributed by atoms with Crippen LogP contribution in [0.5, 0.6) is 0 Å². The van der Waals surface area contributed by atoms with Crippen molar-refractivity contribution in [1.82, 2.24) is 0 Å². The van der Waals surface area contributed by atoms with Crippen LogP contribution in [-0.4, -0.2) is 13.0 Å². The van der Waals surface area contributed by atoms with Gasteiger partial charge in [-0.15, -0.1) is 0 Å². The second kappa shape index (κ2) is 13.0. The fourth-order valence-corrected chi connectivity index (χ4v) is 1.70. The summed E-state index contributed by atoms with van der Waals surface area (Å²) in [5, 5.41) is 0. The number of ether oxygens (including phenoxy) is 1. The number of rotatable bonds is 12. The molecule has 0 rings (SSSR count). The molecule has 0 bridgehead atoms. The van der Waals surface area contributed by atoms with Crippen LogP contribution >= 0.6 is 0 Å². The average Bonchev–Trinajstić information content (AvgIpc) is 2.28. The Balaban J connectivity index is 3.06. The van der Waals surface area contributed by atoms with E-state index in [0.29, 0.717) is 13.0 Å². The van der Waals surface area contributed by atoms with E-state index in [1.165, 1.54) is 32.1 Å². The second-order valence-corrected chi connectivity index (χ2v) is 4.54. The molecular weight excluding hydrogens is 203 g/mol. The van der Waals surface area contributed by atoms with Crippen LogP contribution in [0.25, 0.3) is 0 Å². The molecule has 1 atom stereocenters. The molecule has 0 spiro atoms. The number of alkyl halides is 1. The SMILES string of the molecule is CCCCCCCCCC(F)OCCCC. The summed E-state index contributed by atoms with van der Waals surface area (Å²) in [7, 11) is 0. The standard InChI is InChI=1S/C14H29FO/c1-3-5-7-8-9-10-11-12-14(15)16-13-6-4-2/h14H,3-13H2,1-2H3. The van der Waals surface area contributed by atoms with Crippen molar-refractivity contribution in [3.8, 4) is 0 Å². The minimum absolute atomic E-state index is 0.578. The Labute approximate surface area is 101 Å². The Hall–Kier alpha value is -0.110. The van der Waals surface area contributed by atoms with Crippen molar-refractivity contribution in [2.45, 2.75) is 84.4 Å². The van der Waals surface area contributed by atoms with Gasteiger partial charge in [0.1, 0.15) is 0 Å². The first-order valence-electron chi connectivity index (χ1n) is 7.07. The number of hydrogen-bond acceptors (Lipinski definition) is 1. The molecule has 1 nitrogen and oxygen atoms in total. The van der Waals surface area contributed by atoms with Gasteiger partial charge in [0.2, 0.25) is 0 Å². The van der Waals surface area contributed by atoms with E-state index >= 15 is 0 Å². The molecule has 0 saturated heterocycles. The Bertz CT molecular complexity index is 128. The summed E-state index contributed by atoms with van der Waals surface area (Å²) in [6, 6.07) is 0. The van der Waals surface area contributed by atoms with Crippen molar-refractivity contribution in [3.63, 3.8) is 0 Å². The molecular formula is C14H29FO. The van der Waals surface area contributed by atoms with Gasteiger partial charge in [-0.3, -0.25) is 0 Å². The van der Waals surface area contributed by atoms with Gasteiger partial charge in [0.05, 0.1) is 6.61 Å². The summed E-state index contributed by atoms with van der Waals surface area (Å²) >= 11 is 0. The molecule has 0 aromatic carbocycles. The predicted octanol–water partition coefficient (Wildman–Crippen LogP) is 5.24. The highest BCUT2D eigenvalue weighted by molar-refractivity contribution is 4.48. The maximum absolute atomic E-state index is 13.1. The minimum atomic E-state index is -1.03. The average molecular weight is 232 g/mol. The molecule has 0 aliphatic heterocycles. The Morgan fingerprint density at radius 2 is 1.38 bits per heavy atom. The molecule has 16 heavy (non-hydrogen) atoms. The lowest BCUT2D eigenvalue weighted by molar-refractivity contribution is -0.0455. The number of unbranched alkanes of at least 4 members (excludes halogenated alkanes) is 7. The van der Waals surface area contributed by atoms with Crippen molar-refractivity contribution in [3.05, 3.63) is 0 Å². The zero-order valence-corrected chi connectivity index (χ0v) is 11.1. The van der Waals surface area contributed by atoms with Crippen molar-refractivity contribution in [2.75, 3.05) is 6.61 Å². The molecule has 0 saturated carbocycles. The zero-order chi connectivity index (χ0) is 12.1. The Morgan fingerprint density at radius 3 is 2.00 bits per heavy atom. The molecule has 0 aliphatic rings. The molecule has 0 amide bonds.